The number of carbonyl (C=O) groups excluding carboxylic acids is 1. The molecular formula is C48H74ClN4OP. The molecule has 3 aromatic rings. The molecule has 1 amide bonds. The van der Waals surface area contributed by atoms with Crippen LogP contribution in [0.1, 0.15) is 154 Å². The van der Waals surface area contributed by atoms with Crippen LogP contribution in [0.5, 0.6) is 0 Å². The topological polar surface area (TPSA) is 65.5 Å². The second kappa shape index (κ2) is 24.9. The number of anilines is 1. The van der Waals surface area contributed by atoms with E-state index < -0.39 is 13.3 Å². The molecule has 1 unspecified atom stereocenters. The van der Waals surface area contributed by atoms with Gasteiger partial charge in [-0.2, -0.15) is 0 Å². The molecule has 3 aromatic carbocycles. The van der Waals surface area contributed by atoms with E-state index in [0.717, 1.165) is 30.1 Å². The molecule has 3 N–H and O–H groups in total. The van der Waals surface area contributed by atoms with Gasteiger partial charge in [0.2, 0.25) is 5.91 Å². The first-order chi connectivity index (χ1) is 26.5. The van der Waals surface area contributed by atoms with Gasteiger partial charge in [-0.25, -0.2) is 4.99 Å². The zero-order chi connectivity index (χ0) is 37.9. The second-order valence-electron chi connectivity index (χ2n) is 16.8. The van der Waals surface area contributed by atoms with E-state index >= 15 is 0 Å². The first-order valence-electron chi connectivity index (χ1n) is 22.3. The summed E-state index contributed by atoms with van der Waals surface area (Å²) in [4.78, 5) is 19.7. The molecule has 0 saturated heterocycles. The maximum absolute atomic E-state index is 14.4. The Labute approximate surface area is 342 Å². The van der Waals surface area contributed by atoms with E-state index in [1.807, 2.05) is 0 Å². The van der Waals surface area contributed by atoms with E-state index in [2.05, 4.69) is 103 Å². The van der Waals surface area contributed by atoms with Crippen LogP contribution in [0.3, 0.4) is 0 Å². The molecule has 304 valence electrons. The fourth-order valence-corrected chi connectivity index (χ4v) is 13.7. The van der Waals surface area contributed by atoms with Crippen LogP contribution >= 0.6 is 7.26 Å². The highest BCUT2D eigenvalue weighted by Gasteiger charge is 2.36. The van der Waals surface area contributed by atoms with E-state index in [1.54, 1.807) is 0 Å². The van der Waals surface area contributed by atoms with Gasteiger partial charge in [0.05, 0.1) is 30.7 Å². The third kappa shape index (κ3) is 15.3. The number of nitrogens with one attached hydrogen (secondary N) is 3. The van der Waals surface area contributed by atoms with Crippen molar-refractivity contribution in [3.05, 3.63) is 77.9 Å². The van der Waals surface area contributed by atoms with Gasteiger partial charge in [-0.3, -0.25) is 4.79 Å². The molecule has 2 aliphatic rings. The highest BCUT2D eigenvalue weighted by molar-refractivity contribution is 7.75. The Hall–Kier alpha value is -2.62. The van der Waals surface area contributed by atoms with E-state index in [4.69, 9.17) is 4.99 Å². The summed E-state index contributed by atoms with van der Waals surface area (Å²) in [6, 6.07) is 24.3. The van der Waals surface area contributed by atoms with Crippen LogP contribution in [0.25, 0.3) is 10.8 Å². The SMILES string of the molecule is CCCCC[P+](CCCCC)(CCCCC)Cc1ccc(NC(=O)C(Cc2ccc3ccccc3c2)NC(=NC2CCCCC2)NC2CCCCC2)cc1.[Cl-]. The minimum atomic E-state index is -1.09. The molecule has 0 radical (unpaired) electrons. The first-order valence-corrected chi connectivity index (χ1v) is 24.9. The number of unbranched alkanes of at least 4 members (excludes halogenated alkanes) is 6. The normalized spacial score (nSPS) is 16.4. The molecule has 0 spiro atoms. The van der Waals surface area contributed by atoms with Crippen LogP contribution in [0.15, 0.2) is 71.7 Å². The summed E-state index contributed by atoms with van der Waals surface area (Å²) in [5.41, 5.74) is 3.49. The molecule has 0 bridgehead atoms. The van der Waals surface area contributed by atoms with Crippen molar-refractivity contribution in [2.75, 3.05) is 23.8 Å². The highest BCUT2D eigenvalue weighted by atomic mass is 35.5. The Morgan fingerprint density at radius 2 is 1.25 bits per heavy atom. The number of amides is 1. The van der Waals surface area contributed by atoms with Crippen LogP contribution in [-0.2, 0) is 17.4 Å². The Bertz CT molecular complexity index is 1520. The number of hydrogen-bond donors (Lipinski definition) is 3. The monoisotopic (exact) mass is 789 g/mol. The van der Waals surface area contributed by atoms with Gasteiger partial charge in [0.25, 0.3) is 0 Å². The van der Waals surface area contributed by atoms with Crippen LogP contribution in [0.2, 0.25) is 0 Å². The lowest BCUT2D eigenvalue weighted by molar-refractivity contribution is -0.117. The molecule has 55 heavy (non-hydrogen) atoms. The van der Waals surface area contributed by atoms with Gasteiger partial charge in [0.1, 0.15) is 6.04 Å². The summed E-state index contributed by atoms with van der Waals surface area (Å²) in [6.45, 7) is 7.00. The fourth-order valence-electron chi connectivity index (χ4n) is 8.90. The van der Waals surface area contributed by atoms with Crippen molar-refractivity contribution in [3.8, 4) is 0 Å². The molecule has 0 aliphatic heterocycles. The average Bonchev–Trinajstić information content (AvgIpc) is 3.19. The third-order valence-electron chi connectivity index (χ3n) is 12.2. The van der Waals surface area contributed by atoms with Crippen molar-refractivity contribution in [2.24, 2.45) is 4.99 Å². The lowest BCUT2D eigenvalue weighted by atomic mass is 9.95. The Morgan fingerprint density at radius 3 is 1.85 bits per heavy atom. The van der Waals surface area contributed by atoms with Gasteiger partial charge in [0, 0.05) is 25.4 Å². The lowest BCUT2D eigenvalue weighted by Gasteiger charge is -2.29. The van der Waals surface area contributed by atoms with Gasteiger partial charge in [0.15, 0.2) is 5.96 Å². The average molecular weight is 790 g/mol. The maximum Gasteiger partial charge on any atom is 0.247 e. The molecule has 1 atom stereocenters. The molecular weight excluding hydrogens is 715 g/mol. The van der Waals surface area contributed by atoms with Gasteiger partial charge in [-0.1, -0.05) is 152 Å². The summed E-state index contributed by atoms with van der Waals surface area (Å²) >= 11 is 0. The Balaban J connectivity index is 0.00000673. The minimum Gasteiger partial charge on any atom is -1.00 e. The number of benzene rings is 3. The van der Waals surface area contributed by atoms with Gasteiger partial charge >= 0.3 is 0 Å². The quantitative estimate of drug-likeness (QED) is 0.0436. The molecule has 2 fully saturated rings. The zero-order valence-corrected chi connectivity index (χ0v) is 36.4. The van der Waals surface area contributed by atoms with Gasteiger partial charge < -0.3 is 28.4 Å². The van der Waals surface area contributed by atoms with Crippen molar-refractivity contribution >= 4 is 35.6 Å². The number of carbonyl (C=O) groups is 1. The largest absolute Gasteiger partial charge is 1.00 e. The third-order valence-corrected chi connectivity index (χ3v) is 17.0. The van der Waals surface area contributed by atoms with Gasteiger partial charge in [-0.15, -0.1) is 0 Å². The van der Waals surface area contributed by atoms with Crippen molar-refractivity contribution < 1.29 is 17.2 Å². The number of aliphatic imine (C=N–C) groups is 1. The van der Waals surface area contributed by atoms with Crippen LogP contribution < -0.4 is 28.4 Å². The number of nitrogens with zero attached hydrogens (tertiary/aromatic N) is 1. The second-order valence-corrected chi connectivity index (χ2v) is 21.2. The zero-order valence-electron chi connectivity index (χ0n) is 34.7. The Kier molecular flexibility index (Phi) is 20.4. The number of fused-ring (bicyclic) bond motifs is 1. The predicted molar refractivity (Wildman–Crippen MR) is 238 cm³/mol. The number of guanidine groups is 1. The van der Waals surface area contributed by atoms with E-state index in [9.17, 15) is 4.79 Å². The van der Waals surface area contributed by atoms with E-state index in [-0.39, 0.29) is 18.3 Å². The predicted octanol–water partition coefficient (Wildman–Crippen LogP) is 9.68. The summed E-state index contributed by atoms with van der Waals surface area (Å²) in [5.74, 6) is 0.817. The maximum atomic E-state index is 14.4. The number of halogens is 1. The molecule has 2 aliphatic carbocycles. The first kappa shape index (κ1) is 45.1. The lowest BCUT2D eigenvalue weighted by Crippen LogP contribution is -3.00. The molecule has 2 saturated carbocycles. The number of hydrogen-bond acceptors (Lipinski definition) is 2. The van der Waals surface area contributed by atoms with Crippen molar-refractivity contribution in [1.82, 2.24) is 10.6 Å². The Morgan fingerprint density at radius 1 is 0.691 bits per heavy atom. The van der Waals surface area contributed by atoms with Crippen molar-refractivity contribution in [2.45, 2.75) is 173 Å². The van der Waals surface area contributed by atoms with Crippen LogP contribution in [0.4, 0.5) is 5.69 Å². The smallest absolute Gasteiger partial charge is 0.247 e. The summed E-state index contributed by atoms with van der Waals surface area (Å²) < 4.78 is 0. The van der Waals surface area contributed by atoms with Gasteiger partial charge in [-0.05, 0) is 79.0 Å². The highest BCUT2D eigenvalue weighted by Crippen LogP contribution is 2.63. The fraction of sp³-hybridized carbons (Fsp3) is 0.625. The molecule has 0 heterocycles. The molecule has 7 heteroatoms. The van der Waals surface area contributed by atoms with E-state index in [0.29, 0.717) is 18.5 Å². The summed E-state index contributed by atoms with van der Waals surface area (Å²) in [6.07, 6.45) is 30.4. The van der Waals surface area contributed by atoms with Crippen LogP contribution in [-0.4, -0.2) is 48.5 Å². The van der Waals surface area contributed by atoms with Crippen LogP contribution in [0, 0.1) is 0 Å². The summed E-state index contributed by atoms with van der Waals surface area (Å²) in [5, 5.41) is 13.3. The number of rotatable bonds is 21. The molecule has 5 nitrogen and oxygen atoms in total. The van der Waals surface area contributed by atoms with Crippen molar-refractivity contribution in [1.29, 1.82) is 0 Å². The van der Waals surface area contributed by atoms with Crippen molar-refractivity contribution in [3.63, 3.8) is 0 Å². The van der Waals surface area contributed by atoms with E-state index in [1.165, 1.54) is 150 Å². The minimum absolute atomic E-state index is 0. The molecule has 0 aromatic heterocycles. The summed E-state index contributed by atoms with van der Waals surface area (Å²) in [7, 11) is -1.09. The molecule has 5 rings (SSSR count). The standard InChI is InChI=1S/C48H73N4OP.ClH/c1-4-7-18-33-54(34-19-8-5-2,35-20-9-6-3)38-39-28-31-45(32-29-39)49-47(53)46(37-40-27-30-41-21-16-17-22-42(41)36-40)52-48(50-43-23-12-10-13-24-43)51-44-25-14-11-15-26-44;/h16-17,21-22,27-32,36,43-44,46H,4-15,18-20,23-26,33-35,37-38H2,1-3H3,(H2-,49,50,51,52,53);1H.